The Bertz CT molecular complexity index is 195. The highest BCUT2D eigenvalue weighted by Crippen LogP contribution is 2.06. The fraction of sp³-hybridized carbons (Fsp3) is 0.714. The van der Waals surface area contributed by atoms with E-state index in [-0.39, 0.29) is 5.92 Å². The minimum atomic E-state index is -1.18. The molecule has 0 spiro atoms. The summed E-state index contributed by atoms with van der Waals surface area (Å²) in [5, 5.41) is 0. The van der Waals surface area contributed by atoms with E-state index in [0.717, 1.165) is 6.42 Å². The molecule has 0 saturated carbocycles. The number of carbonyl (C=O) groups excluding carboxylic acids is 2. The van der Waals surface area contributed by atoms with Gasteiger partial charge in [-0.3, -0.25) is 0 Å². The third kappa shape index (κ3) is 4.32. The van der Waals surface area contributed by atoms with Crippen LogP contribution in [0.5, 0.6) is 0 Å². The monoisotopic (exact) mass is 190 g/mol. The number of amides is 1. The first-order valence-corrected chi connectivity index (χ1v) is 3.92. The van der Waals surface area contributed by atoms with Crippen molar-refractivity contribution in [2.45, 2.75) is 26.3 Å². The van der Waals surface area contributed by atoms with Crippen LogP contribution in [0.1, 0.15) is 20.3 Å². The van der Waals surface area contributed by atoms with Crippen LogP contribution in [0, 0.1) is 5.92 Å². The van der Waals surface area contributed by atoms with Crippen LogP contribution in [0.2, 0.25) is 0 Å². The molecule has 0 saturated heterocycles. The summed E-state index contributed by atoms with van der Waals surface area (Å²) in [6.07, 6.45) is -0.447. The maximum Gasteiger partial charge on any atom is 0.447 e. The van der Waals surface area contributed by atoms with Crippen molar-refractivity contribution in [3.63, 3.8) is 0 Å². The van der Waals surface area contributed by atoms with E-state index in [0.29, 0.717) is 0 Å². The summed E-state index contributed by atoms with van der Waals surface area (Å²) in [6.45, 7) is 3.67. The third-order valence-corrected chi connectivity index (χ3v) is 1.74. The number of carbonyl (C=O) groups is 2. The van der Waals surface area contributed by atoms with Gasteiger partial charge in [-0.05, 0) is 5.92 Å². The lowest BCUT2D eigenvalue weighted by atomic mass is 10.0. The van der Waals surface area contributed by atoms with Gasteiger partial charge in [0.2, 0.25) is 0 Å². The average Bonchev–Trinajstić information content (AvgIpc) is 2.11. The molecule has 0 aromatic rings. The van der Waals surface area contributed by atoms with E-state index in [2.05, 4.69) is 15.5 Å². The van der Waals surface area contributed by atoms with Gasteiger partial charge in [0.15, 0.2) is 0 Å². The Kier molecular flexibility index (Phi) is 4.83. The van der Waals surface area contributed by atoms with E-state index in [1.165, 1.54) is 0 Å². The summed E-state index contributed by atoms with van der Waals surface area (Å²) < 4.78 is 0. The van der Waals surface area contributed by atoms with E-state index in [1.807, 2.05) is 6.92 Å². The molecule has 0 bridgehead atoms. The molecule has 4 N–H and O–H groups in total. The van der Waals surface area contributed by atoms with Gasteiger partial charge in [-0.15, -0.1) is 0 Å². The van der Waals surface area contributed by atoms with Gasteiger partial charge in [0.05, 0.1) is 0 Å². The van der Waals surface area contributed by atoms with Crippen molar-refractivity contribution in [3.8, 4) is 0 Å². The molecule has 0 heterocycles. The molecule has 0 aromatic heterocycles. The molecule has 2 atom stereocenters. The fourth-order valence-electron chi connectivity index (χ4n) is 0.624. The Balaban J connectivity index is 3.89. The Labute approximate surface area is 76.1 Å². The Hall–Kier alpha value is -1.30. The summed E-state index contributed by atoms with van der Waals surface area (Å²) in [7, 11) is 0. The third-order valence-electron chi connectivity index (χ3n) is 1.74. The Morgan fingerprint density at radius 1 is 1.38 bits per heavy atom. The first-order chi connectivity index (χ1) is 5.99. The first-order valence-electron chi connectivity index (χ1n) is 3.92. The van der Waals surface area contributed by atoms with E-state index < -0.39 is 18.1 Å². The zero-order chi connectivity index (χ0) is 10.4. The summed E-state index contributed by atoms with van der Waals surface area (Å²) in [5.41, 5.74) is 10.0. The zero-order valence-electron chi connectivity index (χ0n) is 7.65. The van der Waals surface area contributed by atoms with Crippen molar-refractivity contribution in [3.05, 3.63) is 0 Å². The van der Waals surface area contributed by atoms with Crippen LogP contribution in [0.3, 0.4) is 0 Å². The van der Waals surface area contributed by atoms with Crippen LogP contribution in [-0.4, -0.2) is 18.1 Å². The van der Waals surface area contributed by atoms with Crippen LogP contribution in [-0.2, 0) is 14.6 Å². The molecule has 0 aliphatic heterocycles. The molecule has 0 aliphatic carbocycles. The standard InChI is InChI=1S/C7H14N2O4/c1-3-4(2)5(8)6(10)12-13-7(9)11/h4-5H,3,8H2,1-2H3,(H2,9,11). The molecule has 76 valence electrons. The van der Waals surface area contributed by atoms with Crippen LogP contribution >= 0.6 is 0 Å². The normalized spacial score (nSPS) is 14.4. The lowest BCUT2D eigenvalue weighted by Gasteiger charge is -2.14. The molecule has 6 nitrogen and oxygen atoms in total. The summed E-state index contributed by atoms with van der Waals surface area (Å²) in [6, 6.07) is -0.802. The van der Waals surface area contributed by atoms with E-state index in [9.17, 15) is 9.59 Å². The summed E-state index contributed by atoms with van der Waals surface area (Å²) in [4.78, 5) is 28.9. The predicted molar refractivity (Wildman–Crippen MR) is 44.2 cm³/mol. The smallest absolute Gasteiger partial charge is 0.332 e. The zero-order valence-corrected chi connectivity index (χ0v) is 7.65. The second-order valence-corrected chi connectivity index (χ2v) is 2.72. The topological polar surface area (TPSA) is 105 Å². The van der Waals surface area contributed by atoms with Crippen LogP contribution in [0.15, 0.2) is 0 Å². The second kappa shape index (κ2) is 5.36. The summed E-state index contributed by atoms with van der Waals surface area (Å²) in [5.74, 6) is -0.836. The molecule has 13 heavy (non-hydrogen) atoms. The maximum absolute atomic E-state index is 11.0. The Morgan fingerprint density at radius 2 is 1.92 bits per heavy atom. The number of primary amides is 1. The van der Waals surface area contributed by atoms with Gasteiger partial charge >= 0.3 is 12.1 Å². The fourth-order valence-corrected chi connectivity index (χ4v) is 0.624. The number of hydrogen-bond donors (Lipinski definition) is 2. The highest BCUT2D eigenvalue weighted by atomic mass is 17.2. The average molecular weight is 190 g/mol. The Morgan fingerprint density at radius 3 is 2.31 bits per heavy atom. The van der Waals surface area contributed by atoms with Gasteiger partial charge in [0.1, 0.15) is 6.04 Å². The molecule has 0 rings (SSSR count). The minimum Gasteiger partial charge on any atom is -0.332 e. The largest absolute Gasteiger partial charge is 0.447 e. The molecule has 1 amide bonds. The van der Waals surface area contributed by atoms with Crippen LogP contribution in [0.4, 0.5) is 4.79 Å². The van der Waals surface area contributed by atoms with E-state index in [4.69, 9.17) is 5.73 Å². The lowest BCUT2D eigenvalue weighted by Crippen LogP contribution is -2.38. The quantitative estimate of drug-likeness (QED) is 0.478. The molecule has 0 aliphatic rings. The van der Waals surface area contributed by atoms with Gasteiger partial charge in [-0.2, -0.15) is 0 Å². The number of nitrogens with two attached hydrogens (primary N) is 2. The lowest BCUT2D eigenvalue weighted by molar-refractivity contribution is -0.233. The highest BCUT2D eigenvalue weighted by Gasteiger charge is 2.22. The molecule has 6 heteroatoms. The van der Waals surface area contributed by atoms with Crippen LogP contribution < -0.4 is 11.5 Å². The highest BCUT2D eigenvalue weighted by molar-refractivity contribution is 5.76. The van der Waals surface area contributed by atoms with Crippen LogP contribution in [0.25, 0.3) is 0 Å². The predicted octanol–water partition coefficient (Wildman–Crippen LogP) is -0.0867. The minimum absolute atomic E-state index is 0.0380. The van der Waals surface area contributed by atoms with Crippen molar-refractivity contribution in [1.82, 2.24) is 0 Å². The molecule has 2 unspecified atom stereocenters. The molecule has 0 fully saturated rings. The van der Waals surface area contributed by atoms with E-state index >= 15 is 0 Å². The molecule has 0 aromatic carbocycles. The van der Waals surface area contributed by atoms with Gasteiger partial charge in [-0.25, -0.2) is 19.4 Å². The summed E-state index contributed by atoms with van der Waals surface area (Å²) >= 11 is 0. The molecule has 0 radical (unpaired) electrons. The van der Waals surface area contributed by atoms with Crippen molar-refractivity contribution in [2.24, 2.45) is 17.4 Å². The maximum atomic E-state index is 11.0. The van der Waals surface area contributed by atoms with E-state index in [1.54, 1.807) is 6.92 Å². The van der Waals surface area contributed by atoms with Gasteiger partial charge in [0, 0.05) is 0 Å². The first kappa shape index (κ1) is 11.7. The molecular weight excluding hydrogens is 176 g/mol. The number of hydrogen-bond acceptors (Lipinski definition) is 5. The molecular formula is C7H14N2O4. The van der Waals surface area contributed by atoms with Crippen molar-refractivity contribution >= 4 is 12.1 Å². The second-order valence-electron chi connectivity index (χ2n) is 2.72. The van der Waals surface area contributed by atoms with Crippen molar-refractivity contribution < 1.29 is 19.4 Å². The van der Waals surface area contributed by atoms with Crippen molar-refractivity contribution in [2.75, 3.05) is 0 Å². The van der Waals surface area contributed by atoms with Gasteiger partial charge < -0.3 is 11.5 Å². The van der Waals surface area contributed by atoms with Crippen molar-refractivity contribution in [1.29, 1.82) is 0 Å². The van der Waals surface area contributed by atoms with Gasteiger partial charge in [0.25, 0.3) is 0 Å². The SMILES string of the molecule is CCC(C)C(N)C(=O)OOC(N)=O. The van der Waals surface area contributed by atoms with Gasteiger partial charge in [-0.1, -0.05) is 20.3 Å². The number of rotatable bonds is 3.